The minimum Gasteiger partial charge on any atom is -0.465 e. The fraction of sp³-hybridized carbons (Fsp3) is 0.278. The summed E-state index contributed by atoms with van der Waals surface area (Å²) in [4.78, 5) is 9.80. The summed E-state index contributed by atoms with van der Waals surface area (Å²) in [5, 5.41) is 11.8. The second-order valence-electron chi connectivity index (χ2n) is 6.68. The van der Waals surface area contributed by atoms with Crippen molar-refractivity contribution < 1.29 is 18.3 Å². The third kappa shape index (κ3) is 3.43. The zero-order valence-electron chi connectivity index (χ0n) is 14.2. The second kappa shape index (κ2) is 6.80. The molecule has 2 rings (SSSR count). The molecule has 0 saturated carbocycles. The van der Waals surface area contributed by atoms with Crippen molar-refractivity contribution in [3.63, 3.8) is 0 Å². The Morgan fingerprint density at radius 2 is 1.52 bits per heavy atom. The fourth-order valence-electron chi connectivity index (χ4n) is 2.93. The van der Waals surface area contributed by atoms with Crippen molar-refractivity contribution in [2.75, 3.05) is 0 Å². The minimum absolute atomic E-state index is 0.0570. The molecule has 0 aliphatic heterocycles. The third-order valence-electron chi connectivity index (χ3n) is 4.05. The van der Waals surface area contributed by atoms with Crippen LogP contribution in [0, 0.1) is 5.41 Å². The summed E-state index contributed by atoms with van der Waals surface area (Å²) in [6.45, 7) is 5.10. The topological polar surface area (TPSA) is 83.5 Å². The molecule has 0 radical (unpaired) electrons. The number of amides is 1. The van der Waals surface area contributed by atoms with E-state index < -0.39 is 26.2 Å². The van der Waals surface area contributed by atoms with Gasteiger partial charge in [-0.3, -0.25) is 5.32 Å². The molecule has 0 heterocycles. The van der Waals surface area contributed by atoms with E-state index in [0.29, 0.717) is 5.56 Å². The molecule has 0 aromatic heterocycles. The molecule has 1 amide bonds. The number of rotatable bonds is 4. The van der Waals surface area contributed by atoms with Crippen LogP contribution in [0.1, 0.15) is 26.3 Å². The zero-order chi connectivity index (χ0) is 18.9. The van der Waals surface area contributed by atoms with Gasteiger partial charge in [-0.25, -0.2) is 13.2 Å². The molecule has 25 heavy (non-hydrogen) atoms. The highest BCUT2D eigenvalue weighted by Crippen LogP contribution is 2.47. The number of carboxylic acid groups (broad SMARTS) is 1. The van der Waals surface area contributed by atoms with Gasteiger partial charge in [-0.1, -0.05) is 67.0 Å². The predicted molar refractivity (Wildman–Crippen MR) is 100 cm³/mol. The van der Waals surface area contributed by atoms with Gasteiger partial charge in [0.05, 0.1) is 4.90 Å². The minimum atomic E-state index is -4.09. The summed E-state index contributed by atoms with van der Waals surface area (Å²) in [5.41, 5.74) is -0.608. The van der Waals surface area contributed by atoms with Crippen LogP contribution >= 0.6 is 15.9 Å². The molecule has 0 aliphatic rings. The third-order valence-corrected chi connectivity index (χ3v) is 7.22. The normalized spacial score (nSPS) is 14.6. The summed E-state index contributed by atoms with van der Waals surface area (Å²) in [7, 11) is -4.09. The van der Waals surface area contributed by atoms with E-state index in [1.54, 1.807) is 63.2 Å². The SMILES string of the molecule is CC(C)(C)C(NC(=O)O)(c1ccc(Br)cc1)S(=O)(=O)c1ccccc1. The Labute approximate surface area is 156 Å². The molecule has 1 atom stereocenters. The predicted octanol–water partition coefficient (Wildman–Crippen LogP) is 4.39. The van der Waals surface area contributed by atoms with Crippen molar-refractivity contribution in [1.82, 2.24) is 5.32 Å². The van der Waals surface area contributed by atoms with Gasteiger partial charge in [0.25, 0.3) is 0 Å². The summed E-state index contributed by atoms with van der Waals surface area (Å²) < 4.78 is 27.9. The number of carbonyl (C=O) groups is 1. The maximum Gasteiger partial charge on any atom is 0.406 e. The Balaban J connectivity index is 2.88. The van der Waals surface area contributed by atoms with E-state index in [4.69, 9.17) is 0 Å². The Morgan fingerprint density at radius 1 is 1.00 bits per heavy atom. The van der Waals surface area contributed by atoms with Gasteiger partial charge < -0.3 is 5.11 Å². The lowest BCUT2D eigenvalue weighted by Crippen LogP contribution is -2.59. The van der Waals surface area contributed by atoms with E-state index >= 15 is 0 Å². The fourth-order valence-corrected chi connectivity index (χ4v) is 5.54. The molecule has 5 nitrogen and oxygen atoms in total. The molecule has 0 aliphatic carbocycles. The van der Waals surface area contributed by atoms with E-state index in [1.807, 2.05) is 0 Å². The largest absolute Gasteiger partial charge is 0.465 e. The Bertz CT molecular complexity index is 858. The van der Waals surface area contributed by atoms with E-state index in [-0.39, 0.29) is 4.90 Å². The van der Waals surface area contributed by atoms with Gasteiger partial charge in [-0.15, -0.1) is 0 Å². The molecule has 0 saturated heterocycles. The Morgan fingerprint density at radius 3 is 1.96 bits per heavy atom. The van der Waals surface area contributed by atoms with Gasteiger partial charge in [-0.2, -0.15) is 0 Å². The van der Waals surface area contributed by atoms with Crippen molar-refractivity contribution >= 4 is 31.9 Å². The van der Waals surface area contributed by atoms with E-state index in [0.717, 1.165) is 4.47 Å². The molecule has 2 aromatic carbocycles. The number of sulfone groups is 1. The lowest BCUT2D eigenvalue weighted by atomic mass is 9.81. The first kappa shape index (κ1) is 19.5. The van der Waals surface area contributed by atoms with Crippen LogP contribution in [0.3, 0.4) is 0 Å². The number of halogens is 1. The van der Waals surface area contributed by atoms with Crippen molar-refractivity contribution in [3.05, 3.63) is 64.6 Å². The van der Waals surface area contributed by atoms with Crippen LogP contribution < -0.4 is 5.32 Å². The van der Waals surface area contributed by atoms with Crippen LogP contribution in [-0.4, -0.2) is 19.6 Å². The smallest absolute Gasteiger partial charge is 0.406 e. The van der Waals surface area contributed by atoms with Gasteiger partial charge in [-0.05, 0) is 29.8 Å². The van der Waals surface area contributed by atoms with Crippen LogP contribution in [0.4, 0.5) is 4.79 Å². The molecule has 0 spiro atoms. The average Bonchev–Trinajstić information content (AvgIpc) is 2.53. The molecule has 0 bridgehead atoms. The summed E-state index contributed by atoms with van der Waals surface area (Å²) in [6.07, 6.45) is -1.41. The number of hydrogen-bond donors (Lipinski definition) is 2. The molecular weight excluding hydrogens is 406 g/mol. The molecule has 7 heteroatoms. The van der Waals surface area contributed by atoms with Crippen LogP contribution in [0.25, 0.3) is 0 Å². The molecular formula is C18H20BrNO4S. The van der Waals surface area contributed by atoms with Crippen molar-refractivity contribution in [2.45, 2.75) is 30.5 Å². The van der Waals surface area contributed by atoms with E-state index in [9.17, 15) is 18.3 Å². The van der Waals surface area contributed by atoms with Crippen molar-refractivity contribution in [2.24, 2.45) is 5.41 Å². The lowest BCUT2D eigenvalue weighted by Gasteiger charge is -2.44. The van der Waals surface area contributed by atoms with Gasteiger partial charge in [0.15, 0.2) is 4.87 Å². The van der Waals surface area contributed by atoms with Crippen molar-refractivity contribution in [3.8, 4) is 0 Å². The van der Waals surface area contributed by atoms with Gasteiger partial charge in [0, 0.05) is 9.89 Å². The monoisotopic (exact) mass is 425 g/mol. The van der Waals surface area contributed by atoms with E-state index in [2.05, 4.69) is 21.2 Å². The number of nitrogens with one attached hydrogen (secondary N) is 1. The zero-order valence-corrected chi connectivity index (χ0v) is 16.6. The highest BCUT2D eigenvalue weighted by atomic mass is 79.9. The van der Waals surface area contributed by atoms with Crippen LogP contribution in [-0.2, 0) is 14.7 Å². The Kier molecular flexibility index (Phi) is 5.30. The van der Waals surface area contributed by atoms with E-state index in [1.165, 1.54) is 12.1 Å². The molecule has 1 unspecified atom stereocenters. The van der Waals surface area contributed by atoms with Crippen molar-refractivity contribution in [1.29, 1.82) is 0 Å². The maximum absolute atomic E-state index is 13.6. The first-order valence-electron chi connectivity index (χ1n) is 7.59. The highest BCUT2D eigenvalue weighted by Gasteiger charge is 2.56. The van der Waals surface area contributed by atoms with Gasteiger partial charge in [0.1, 0.15) is 0 Å². The van der Waals surface area contributed by atoms with Crippen LogP contribution in [0.5, 0.6) is 0 Å². The number of hydrogen-bond acceptors (Lipinski definition) is 3. The first-order chi connectivity index (χ1) is 11.5. The quantitative estimate of drug-likeness (QED) is 0.760. The summed E-state index contributed by atoms with van der Waals surface area (Å²) in [6, 6.07) is 14.5. The van der Waals surface area contributed by atoms with Crippen LogP contribution in [0.15, 0.2) is 64.0 Å². The summed E-state index contributed by atoms with van der Waals surface area (Å²) >= 11 is 3.32. The van der Waals surface area contributed by atoms with Crippen LogP contribution in [0.2, 0.25) is 0 Å². The van der Waals surface area contributed by atoms with Gasteiger partial charge >= 0.3 is 6.09 Å². The maximum atomic E-state index is 13.6. The Hall–Kier alpha value is -1.86. The lowest BCUT2D eigenvalue weighted by molar-refractivity contribution is 0.160. The average molecular weight is 426 g/mol. The molecule has 134 valence electrons. The number of benzene rings is 2. The molecule has 2 N–H and O–H groups in total. The highest BCUT2D eigenvalue weighted by molar-refractivity contribution is 9.10. The van der Waals surface area contributed by atoms with Gasteiger partial charge in [0.2, 0.25) is 9.84 Å². The standard InChI is InChI=1S/C18H20BrNO4S/c1-17(2,3)18(20-16(21)22,13-9-11-14(19)12-10-13)25(23,24)15-7-5-4-6-8-15/h4-12,20H,1-3H3,(H,21,22). The molecule has 2 aromatic rings. The second-order valence-corrected chi connectivity index (χ2v) is 9.69. The summed E-state index contributed by atoms with van der Waals surface area (Å²) in [5.74, 6) is 0. The molecule has 0 fully saturated rings. The first-order valence-corrected chi connectivity index (χ1v) is 9.87.